The monoisotopic (exact) mass is 455 g/mol. The van der Waals surface area contributed by atoms with Gasteiger partial charge in [0.25, 0.3) is 5.91 Å². The Hall–Kier alpha value is -2.41. The number of piperidine rings is 1. The predicted molar refractivity (Wildman–Crippen MR) is 125 cm³/mol. The summed E-state index contributed by atoms with van der Waals surface area (Å²) in [4.78, 5) is 30.3. The Bertz CT molecular complexity index is 900. The molecule has 2 atom stereocenters. The third kappa shape index (κ3) is 5.88. The Balaban J connectivity index is 1.41. The topological polar surface area (TPSA) is 61.9 Å². The first-order chi connectivity index (χ1) is 15.6. The van der Waals surface area contributed by atoms with Crippen molar-refractivity contribution in [2.45, 2.75) is 18.9 Å². The third-order valence-electron chi connectivity index (χ3n) is 6.23. The molecule has 170 valence electrons. The van der Waals surface area contributed by atoms with Gasteiger partial charge in [0.2, 0.25) is 5.91 Å². The average Bonchev–Trinajstić information content (AvgIpc) is 2.85. The number of morpholine rings is 1. The van der Waals surface area contributed by atoms with Crippen LogP contribution in [0.4, 0.5) is 0 Å². The summed E-state index contributed by atoms with van der Waals surface area (Å²) in [5, 5.41) is 3.88. The van der Waals surface area contributed by atoms with E-state index in [4.69, 9.17) is 16.3 Å². The van der Waals surface area contributed by atoms with Crippen molar-refractivity contribution in [1.82, 2.24) is 15.1 Å². The molecule has 0 aliphatic carbocycles. The van der Waals surface area contributed by atoms with Crippen LogP contribution in [0.1, 0.15) is 34.8 Å². The summed E-state index contributed by atoms with van der Waals surface area (Å²) < 4.78 is 5.47. The van der Waals surface area contributed by atoms with E-state index in [9.17, 15) is 9.59 Å². The van der Waals surface area contributed by atoms with Gasteiger partial charge >= 0.3 is 0 Å². The van der Waals surface area contributed by atoms with Crippen LogP contribution < -0.4 is 5.32 Å². The maximum Gasteiger partial charge on any atom is 0.253 e. The number of carbonyl (C=O) groups is 2. The van der Waals surface area contributed by atoms with Crippen molar-refractivity contribution in [2.24, 2.45) is 5.92 Å². The SMILES string of the molecule is O=C(N[C@@H](CN1CCOCC1)c1ccccc1)[C@@H]1CCCN(C(=O)c2ccc(Cl)cc2)C1. The molecule has 4 rings (SSSR count). The van der Waals surface area contributed by atoms with E-state index >= 15 is 0 Å². The smallest absolute Gasteiger partial charge is 0.253 e. The quantitative estimate of drug-likeness (QED) is 0.725. The predicted octanol–water partition coefficient (Wildman–Crippen LogP) is 3.38. The number of likely N-dealkylation sites (tertiary alicyclic amines) is 1. The molecule has 2 aromatic carbocycles. The van der Waals surface area contributed by atoms with Crippen LogP contribution in [0.15, 0.2) is 54.6 Å². The van der Waals surface area contributed by atoms with E-state index in [-0.39, 0.29) is 23.8 Å². The first-order valence-corrected chi connectivity index (χ1v) is 11.7. The van der Waals surface area contributed by atoms with Gasteiger partial charge in [-0.25, -0.2) is 0 Å². The molecular formula is C25H30ClN3O3. The standard InChI is InChI=1S/C25H30ClN3O3/c26-22-10-8-20(9-11-22)25(31)29-12-4-7-21(17-29)24(30)27-23(19-5-2-1-3-6-19)18-28-13-15-32-16-14-28/h1-3,5-6,8-11,21,23H,4,7,12-18H2,(H,27,30)/t21-,23+/m1/s1. The number of carbonyl (C=O) groups excluding carboxylic acids is 2. The van der Waals surface area contributed by atoms with Crippen LogP contribution in [0.2, 0.25) is 5.02 Å². The molecule has 7 heteroatoms. The van der Waals surface area contributed by atoms with Crippen LogP contribution in [-0.2, 0) is 9.53 Å². The molecule has 0 bridgehead atoms. The van der Waals surface area contributed by atoms with Gasteiger partial charge in [-0.3, -0.25) is 14.5 Å². The Morgan fingerprint density at radius 1 is 1.03 bits per heavy atom. The lowest BCUT2D eigenvalue weighted by atomic mass is 9.95. The van der Waals surface area contributed by atoms with Crippen LogP contribution >= 0.6 is 11.6 Å². The zero-order valence-electron chi connectivity index (χ0n) is 18.2. The van der Waals surface area contributed by atoms with Crippen molar-refractivity contribution in [3.63, 3.8) is 0 Å². The number of hydrogen-bond donors (Lipinski definition) is 1. The van der Waals surface area contributed by atoms with Gasteiger partial charge in [-0.2, -0.15) is 0 Å². The Morgan fingerprint density at radius 2 is 1.75 bits per heavy atom. The number of nitrogens with one attached hydrogen (secondary N) is 1. The van der Waals surface area contributed by atoms with Gasteiger partial charge in [0.05, 0.1) is 25.2 Å². The molecule has 2 fully saturated rings. The summed E-state index contributed by atoms with van der Waals surface area (Å²) in [6.07, 6.45) is 1.60. The van der Waals surface area contributed by atoms with E-state index in [1.807, 2.05) is 18.2 Å². The number of ether oxygens (including phenoxy) is 1. The molecule has 6 nitrogen and oxygen atoms in total. The van der Waals surface area contributed by atoms with Gasteiger partial charge < -0.3 is 15.0 Å². The summed E-state index contributed by atoms with van der Waals surface area (Å²) in [5.74, 6) is -0.247. The molecule has 2 aliphatic rings. The highest BCUT2D eigenvalue weighted by molar-refractivity contribution is 6.30. The Labute approximate surface area is 194 Å². The number of amides is 2. The summed E-state index contributed by atoms with van der Waals surface area (Å²) in [6.45, 7) is 5.03. The average molecular weight is 456 g/mol. The molecule has 0 spiro atoms. The third-order valence-corrected chi connectivity index (χ3v) is 6.49. The highest BCUT2D eigenvalue weighted by atomic mass is 35.5. The first-order valence-electron chi connectivity index (χ1n) is 11.3. The van der Waals surface area contributed by atoms with E-state index in [2.05, 4.69) is 22.3 Å². The van der Waals surface area contributed by atoms with Crippen LogP contribution in [0.3, 0.4) is 0 Å². The van der Waals surface area contributed by atoms with E-state index in [0.717, 1.165) is 51.3 Å². The zero-order chi connectivity index (χ0) is 22.3. The van der Waals surface area contributed by atoms with Crippen molar-refractivity contribution in [1.29, 1.82) is 0 Å². The van der Waals surface area contributed by atoms with Crippen LogP contribution in [0, 0.1) is 5.92 Å². The lowest BCUT2D eigenvalue weighted by Gasteiger charge is -2.34. The summed E-state index contributed by atoms with van der Waals surface area (Å²) in [7, 11) is 0. The minimum atomic E-state index is -0.212. The van der Waals surface area contributed by atoms with Crippen molar-refractivity contribution < 1.29 is 14.3 Å². The largest absolute Gasteiger partial charge is 0.379 e. The van der Waals surface area contributed by atoms with Crippen LogP contribution in [0.25, 0.3) is 0 Å². The molecule has 2 aliphatic heterocycles. The van der Waals surface area contributed by atoms with E-state index in [0.29, 0.717) is 23.7 Å². The molecule has 0 radical (unpaired) electrons. The molecule has 1 N–H and O–H groups in total. The van der Waals surface area contributed by atoms with Gasteiger partial charge in [0, 0.05) is 43.3 Å². The Morgan fingerprint density at radius 3 is 2.47 bits per heavy atom. The molecule has 2 amide bonds. The highest BCUT2D eigenvalue weighted by Crippen LogP contribution is 2.22. The first kappa shape index (κ1) is 22.8. The fourth-order valence-corrected chi connectivity index (χ4v) is 4.53. The maximum atomic E-state index is 13.3. The van der Waals surface area contributed by atoms with Crippen molar-refractivity contribution in [3.8, 4) is 0 Å². The van der Waals surface area contributed by atoms with Crippen molar-refractivity contribution in [3.05, 3.63) is 70.7 Å². The van der Waals surface area contributed by atoms with E-state index < -0.39 is 0 Å². The fourth-order valence-electron chi connectivity index (χ4n) is 4.40. The van der Waals surface area contributed by atoms with Crippen molar-refractivity contribution in [2.75, 3.05) is 45.9 Å². The lowest BCUT2D eigenvalue weighted by molar-refractivity contribution is -0.127. The number of hydrogen-bond acceptors (Lipinski definition) is 4. The lowest BCUT2D eigenvalue weighted by Crippen LogP contribution is -2.48. The molecule has 32 heavy (non-hydrogen) atoms. The second-order valence-corrected chi connectivity index (χ2v) is 8.92. The second-order valence-electron chi connectivity index (χ2n) is 8.48. The number of nitrogens with zero attached hydrogens (tertiary/aromatic N) is 2. The molecule has 0 saturated carbocycles. The summed E-state index contributed by atoms with van der Waals surface area (Å²) in [5.41, 5.74) is 1.70. The fraction of sp³-hybridized carbons (Fsp3) is 0.440. The molecule has 2 aromatic rings. The minimum Gasteiger partial charge on any atom is -0.379 e. The number of rotatable bonds is 6. The zero-order valence-corrected chi connectivity index (χ0v) is 19.0. The maximum absolute atomic E-state index is 13.3. The number of halogens is 1. The molecule has 0 aromatic heterocycles. The van der Waals surface area contributed by atoms with Crippen LogP contribution in [0.5, 0.6) is 0 Å². The van der Waals surface area contributed by atoms with E-state index in [1.165, 1.54) is 0 Å². The van der Waals surface area contributed by atoms with Gasteiger partial charge in [-0.1, -0.05) is 41.9 Å². The van der Waals surface area contributed by atoms with Gasteiger partial charge in [0.1, 0.15) is 0 Å². The molecule has 0 unspecified atom stereocenters. The highest BCUT2D eigenvalue weighted by Gasteiger charge is 2.30. The normalized spacial score (nSPS) is 20.5. The van der Waals surface area contributed by atoms with Crippen LogP contribution in [-0.4, -0.2) is 67.6 Å². The number of benzene rings is 2. The molecular weight excluding hydrogens is 426 g/mol. The second kappa shape index (κ2) is 10.9. The van der Waals surface area contributed by atoms with Gasteiger partial charge in [-0.05, 0) is 42.7 Å². The Kier molecular flexibility index (Phi) is 7.79. The minimum absolute atomic E-state index is 0.0146. The molecule has 2 heterocycles. The van der Waals surface area contributed by atoms with Crippen molar-refractivity contribution >= 4 is 23.4 Å². The van der Waals surface area contributed by atoms with E-state index in [1.54, 1.807) is 29.2 Å². The summed E-state index contributed by atoms with van der Waals surface area (Å²) >= 11 is 5.95. The van der Waals surface area contributed by atoms with Gasteiger partial charge in [-0.15, -0.1) is 0 Å². The van der Waals surface area contributed by atoms with Gasteiger partial charge in [0.15, 0.2) is 0 Å². The summed E-state index contributed by atoms with van der Waals surface area (Å²) in [6, 6.07) is 16.9. The molecule has 2 saturated heterocycles.